The highest BCUT2D eigenvalue weighted by atomic mass is 32.2. The van der Waals surface area contributed by atoms with E-state index in [1.165, 1.54) is 35.4 Å². The minimum Gasteiger partial charge on any atom is -0.467 e. The first-order valence-corrected chi connectivity index (χ1v) is 13.9. The first-order valence-electron chi connectivity index (χ1n) is 9.28. The molecule has 0 aliphatic heterocycles. The molecule has 0 fully saturated rings. The summed E-state index contributed by atoms with van der Waals surface area (Å²) in [6, 6.07) is 13.9. The molecule has 0 saturated carbocycles. The van der Waals surface area contributed by atoms with Gasteiger partial charge in [0.25, 0.3) is 5.91 Å². The van der Waals surface area contributed by atoms with Crippen LogP contribution in [0.4, 0.5) is 5.13 Å². The molecule has 166 valence electrons. The van der Waals surface area contributed by atoms with E-state index in [9.17, 15) is 21.6 Å². The Kier molecular flexibility index (Phi) is 5.65. The van der Waals surface area contributed by atoms with E-state index in [0.717, 1.165) is 23.8 Å². The molecule has 0 radical (unpaired) electrons. The van der Waals surface area contributed by atoms with E-state index >= 15 is 0 Å². The van der Waals surface area contributed by atoms with Gasteiger partial charge in [-0.15, -0.1) is 0 Å². The highest BCUT2D eigenvalue weighted by Crippen LogP contribution is 2.33. The van der Waals surface area contributed by atoms with Gasteiger partial charge < -0.3 is 4.42 Å². The van der Waals surface area contributed by atoms with Crippen molar-refractivity contribution < 1.29 is 26.0 Å². The Balaban J connectivity index is 1.85. The lowest BCUT2D eigenvalue weighted by atomic mass is 10.2. The Morgan fingerprint density at radius 2 is 1.75 bits per heavy atom. The molecule has 0 bridgehead atoms. The minimum atomic E-state index is -3.66. The third-order valence-corrected chi connectivity index (χ3v) is 7.97. The fraction of sp³-hybridized carbons (Fsp3) is 0.143. The second-order valence-corrected chi connectivity index (χ2v) is 12.1. The van der Waals surface area contributed by atoms with E-state index in [1.54, 1.807) is 30.3 Å². The largest absolute Gasteiger partial charge is 0.467 e. The first-order chi connectivity index (χ1) is 15.0. The number of furan rings is 1. The van der Waals surface area contributed by atoms with E-state index in [0.29, 0.717) is 16.0 Å². The predicted molar refractivity (Wildman–Crippen MR) is 122 cm³/mol. The molecule has 0 unspecified atom stereocenters. The summed E-state index contributed by atoms with van der Waals surface area (Å²) < 4.78 is 54.3. The van der Waals surface area contributed by atoms with E-state index < -0.39 is 25.6 Å². The van der Waals surface area contributed by atoms with Crippen LogP contribution in [0.1, 0.15) is 16.1 Å². The number of anilines is 1. The number of amides is 1. The van der Waals surface area contributed by atoms with Gasteiger partial charge in [0.2, 0.25) is 0 Å². The molecular formula is C21H18N2O6S3. The average Bonchev–Trinajstić information content (AvgIpc) is 3.39. The van der Waals surface area contributed by atoms with Crippen LogP contribution in [0.5, 0.6) is 0 Å². The zero-order valence-corrected chi connectivity index (χ0v) is 19.5. The molecule has 0 aliphatic carbocycles. The molecule has 2 aromatic heterocycles. The molecule has 0 saturated heterocycles. The Bertz CT molecular complexity index is 1520. The summed E-state index contributed by atoms with van der Waals surface area (Å²) in [5.41, 5.74) is 0.531. The molecule has 4 rings (SSSR count). The maximum atomic E-state index is 13.5. The first kappa shape index (κ1) is 22.2. The molecule has 32 heavy (non-hydrogen) atoms. The van der Waals surface area contributed by atoms with Crippen LogP contribution < -0.4 is 4.90 Å². The molecule has 0 N–H and O–H groups in total. The minimum absolute atomic E-state index is 0.0117. The van der Waals surface area contributed by atoms with Crippen molar-refractivity contribution in [3.63, 3.8) is 0 Å². The van der Waals surface area contributed by atoms with Gasteiger partial charge in [-0.3, -0.25) is 9.69 Å². The Morgan fingerprint density at radius 1 is 1.00 bits per heavy atom. The molecule has 0 aliphatic rings. The summed E-state index contributed by atoms with van der Waals surface area (Å²) in [5.74, 6) is -0.0870. The molecule has 2 heterocycles. The number of nitrogens with zero attached hydrogens (tertiary/aromatic N) is 2. The van der Waals surface area contributed by atoms with Crippen LogP contribution in [0.15, 0.2) is 75.1 Å². The van der Waals surface area contributed by atoms with E-state index in [1.807, 2.05) is 0 Å². The number of thiazole rings is 1. The number of benzene rings is 2. The molecule has 1 amide bonds. The number of fused-ring (bicyclic) bond motifs is 1. The number of rotatable bonds is 6. The van der Waals surface area contributed by atoms with Gasteiger partial charge in [-0.2, -0.15) is 0 Å². The number of carbonyl (C=O) groups is 1. The van der Waals surface area contributed by atoms with Crippen molar-refractivity contribution in [1.82, 2.24) is 4.98 Å². The lowest BCUT2D eigenvalue weighted by Gasteiger charge is -2.20. The molecule has 0 atom stereocenters. The fourth-order valence-corrected chi connectivity index (χ4v) is 5.74. The summed E-state index contributed by atoms with van der Waals surface area (Å²) in [6.07, 6.45) is 3.63. The van der Waals surface area contributed by atoms with Gasteiger partial charge >= 0.3 is 0 Å². The summed E-state index contributed by atoms with van der Waals surface area (Å²) in [5, 5.41) is 0.287. The van der Waals surface area contributed by atoms with E-state index in [-0.39, 0.29) is 27.0 Å². The summed E-state index contributed by atoms with van der Waals surface area (Å²) in [7, 11) is -7.07. The van der Waals surface area contributed by atoms with Crippen molar-refractivity contribution >= 4 is 52.3 Å². The number of hydrogen-bond donors (Lipinski definition) is 0. The van der Waals surface area contributed by atoms with Gasteiger partial charge in [-0.1, -0.05) is 23.5 Å². The Morgan fingerprint density at radius 3 is 2.41 bits per heavy atom. The van der Waals surface area contributed by atoms with Gasteiger partial charge in [0, 0.05) is 12.5 Å². The van der Waals surface area contributed by atoms with Crippen LogP contribution in [-0.4, -0.2) is 40.2 Å². The van der Waals surface area contributed by atoms with Crippen molar-refractivity contribution in [2.24, 2.45) is 0 Å². The van der Waals surface area contributed by atoms with Crippen LogP contribution in [0.25, 0.3) is 10.2 Å². The van der Waals surface area contributed by atoms with E-state index in [2.05, 4.69) is 4.98 Å². The van der Waals surface area contributed by atoms with Crippen molar-refractivity contribution in [3.8, 4) is 0 Å². The van der Waals surface area contributed by atoms with Crippen LogP contribution in [-0.2, 0) is 26.2 Å². The fourth-order valence-electron chi connectivity index (χ4n) is 3.14. The number of aromatic nitrogens is 1. The lowest BCUT2D eigenvalue weighted by Crippen LogP contribution is -2.31. The lowest BCUT2D eigenvalue weighted by molar-refractivity contribution is 0.0980. The molecule has 8 nitrogen and oxygen atoms in total. The zero-order valence-electron chi connectivity index (χ0n) is 17.0. The number of carbonyl (C=O) groups excluding carboxylic acids is 1. The Hall–Kier alpha value is -3.02. The van der Waals surface area contributed by atoms with Gasteiger partial charge in [0.05, 0.1) is 38.4 Å². The summed E-state index contributed by atoms with van der Waals surface area (Å²) >= 11 is 1.13. The molecule has 2 aromatic carbocycles. The maximum absolute atomic E-state index is 13.5. The normalized spacial score (nSPS) is 12.2. The smallest absolute Gasteiger partial charge is 0.261 e. The molecule has 11 heteroatoms. The monoisotopic (exact) mass is 490 g/mol. The molecule has 4 aromatic rings. The highest BCUT2D eigenvalue weighted by Gasteiger charge is 2.27. The molecular weight excluding hydrogens is 472 g/mol. The summed E-state index contributed by atoms with van der Waals surface area (Å²) in [4.78, 5) is 19.4. The highest BCUT2D eigenvalue weighted by molar-refractivity contribution is 7.91. The van der Waals surface area contributed by atoms with Gasteiger partial charge in [-0.05, 0) is 42.5 Å². The number of hydrogen-bond acceptors (Lipinski definition) is 8. The van der Waals surface area contributed by atoms with Crippen molar-refractivity contribution in [2.75, 3.05) is 17.4 Å². The van der Waals surface area contributed by atoms with Gasteiger partial charge in [0.15, 0.2) is 24.8 Å². The van der Waals surface area contributed by atoms with Crippen LogP contribution in [0.2, 0.25) is 0 Å². The third-order valence-electron chi connectivity index (χ3n) is 4.66. The SMILES string of the molecule is CS(=O)(=O)c1ccc2nc(N(Cc3ccco3)C(=O)c3ccccc3S(C)(=O)=O)sc2c1. The number of sulfone groups is 2. The summed E-state index contributed by atoms with van der Waals surface area (Å²) in [6.45, 7) is 0.0166. The predicted octanol–water partition coefficient (Wildman–Crippen LogP) is 3.54. The Labute approximate surface area is 189 Å². The topological polar surface area (TPSA) is 115 Å². The maximum Gasteiger partial charge on any atom is 0.261 e. The van der Waals surface area contributed by atoms with Crippen LogP contribution in [0, 0.1) is 0 Å². The average molecular weight is 491 g/mol. The van der Waals surface area contributed by atoms with Gasteiger partial charge in [-0.25, -0.2) is 21.8 Å². The third kappa shape index (κ3) is 4.45. The van der Waals surface area contributed by atoms with Gasteiger partial charge in [0.1, 0.15) is 5.76 Å². The second-order valence-electron chi connectivity index (χ2n) is 7.14. The van der Waals surface area contributed by atoms with Crippen molar-refractivity contribution in [2.45, 2.75) is 16.3 Å². The second kappa shape index (κ2) is 8.15. The van der Waals surface area contributed by atoms with Crippen molar-refractivity contribution in [1.29, 1.82) is 0 Å². The van der Waals surface area contributed by atoms with Crippen LogP contribution >= 0.6 is 11.3 Å². The van der Waals surface area contributed by atoms with Crippen molar-refractivity contribution in [3.05, 3.63) is 72.2 Å². The van der Waals surface area contributed by atoms with Crippen LogP contribution in [0.3, 0.4) is 0 Å². The molecule has 0 spiro atoms. The standard InChI is InChI=1S/C21H18N2O6S3/c1-31(25,26)15-9-10-17-18(12-15)30-21(22-17)23(13-14-6-5-11-29-14)20(24)16-7-3-4-8-19(16)32(2,27)28/h3-12H,13H2,1-2H3. The van der Waals surface area contributed by atoms with E-state index in [4.69, 9.17) is 4.42 Å². The zero-order chi connectivity index (χ0) is 23.1. The quantitative estimate of drug-likeness (QED) is 0.406.